The summed E-state index contributed by atoms with van der Waals surface area (Å²) in [6.45, 7) is 2.01. The van der Waals surface area contributed by atoms with Gasteiger partial charge in [-0.1, -0.05) is 51.8 Å². The van der Waals surface area contributed by atoms with Gasteiger partial charge in [-0.05, 0) is 42.2 Å². The van der Waals surface area contributed by atoms with Crippen LogP contribution in [0.25, 0.3) is 0 Å². The SMILES string of the molecule is Cc1ccc(C(N)Cc2cccc(Cl)c2F)c(Br)c1. The van der Waals surface area contributed by atoms with Gasteiger partial charge in [-0.15, -0.1) is 0 Å². The molecule has 2 N–H and O–H groups in total. The van der Waals surface area contributed by atoms with E-state index in [1.807, 2.05) is 25.1 Å². The highest BCUT2D eigenvalue weighted by Gasteiger charge is 2.14. The highest BCUT2D eigenvalue weighted by atomic mass is 79.9. The Hall–Kier alpha value is -0.900. The third kappa shape index (κ3) is 3.35. The molecule has 0 aliphatic carbocycles. The number of hydrogen-bond acceptors (Lipinski definition) is 1. The zero-order valence-corrected chi connectivity index (χ0v) is 12.8. The highest BCUT2D eigenvalue weighted by molar-refractivity contribution is 9.10. The molecule has 0 fully saturated rings. The molecule has 0 spiro atoms. The van der Waals surface area contributed by atoms with Crippen LogP contribution in [0, 0.1) is 12.7 Å². The Balaban J connectivity index is 2.25. The Labute approximate surface area is 125 Å². The van der Waals surface area contributed by atoms with Crippen molar-refractivity contribution in [1.29, 1.82) is 0 Å². The van der Waals surface area contributed by atoms with Gasteiger partial charge < -0.3 is 5.73 Å². The second kappa shape index (κ2) is 6.04. The fourth-order valence-corrected chi connectivity index (χ4v) is 2.97. The topological polar surface area (TPSA) is 26.0 Å². The quantitative estimate of drug-likeness (QED) is 0.852. The molecule has 0 heterocycles. The van der Waals surface area contributed by atoms with Crippen LogP contribution in [-0.4, -0.2) is 0 Å². The monoisotopic (exact) mass is 341 g/mol. The summed E-state index contributed by atoms with van der Waals surface area (Å²) in [4.78, 5) is 0. The summed E-state index contributed by atoms with van der Waals surface area (Å²) in [5, 5.41) is 0.132. The van der Waals surface area contributed by atoms with Gasteiger partial charge in [0.25, 0.3) is 0 Å². The molecule has 0 bridgehead atoms. The number of hydrogen-bond donors (Lipinski definition) is 1. The number of aryl methyl sites for hydroxylation is 1. The minimum absolute atomic E-state index is 0.132. The minimum atomic E-state index is -0.386. The van der Waals surface area contributed by atoms with Gasteiger partial charge in [-0.3, -0.25) is 0 Å². The van der Waals surface area contributed by atoms with Crippen molar-refractivity contribution in [2.24, 2.45) is 5.73 Å². The van der Waals surface area contributed by atoms with Crippen LogP contribution >= 0.6 is 27.5 Å². The summed E-state index contributed by atoms with van der Waals surface area (Å²) >= 11 is 9.26. The van der Waals surface area contributed by atoms with E-state index in [1.54, 1.807) is 12.1 Å². The Kier molecular flexibility index (Phi) is 4.61. The maximum Gasteiger partial charge on any atom is 0.145 e. The van der Waals surface area contributed by atoms with Crippen LogP contribution < -0.4 is 5.73 Å². The maximum atomic E-state index is 13.8. The predicted molar refractivity (Wildman–Crippen MR) is 80.9 cm³/mol. The molecule has 4 heteroatoms. The predicted octanol–water partition coefficient (Wildman–Crippen LogP) is 4.79. The van der Waals surface area contributed by atoms with Crippen molar-refractivity contribution < 1.29 is 4.39 Å². The van der Waals surface area contributed by atoms with Crippen LogP contribution in [0.4, 0.5) is 4.39 Å². The van der Waals surface area contributed by atoms with Gasteiger partial charge in [0.15, 0.2) is 0 Å². The zero-order valence-electron chi connectivity index (χ0n) is 10.5. The summed E-state index contributed by atoms with van der Waals surface area (Å²) in [5.41, 5.74) is 8.80. The summed E-state index contributed by atoms with van der Waals surface area (Å²) in [7, 11) is 0. The Morgan fingerprint density at radius 3 is 2.74 bits per heavy atom. The van der Waals surface area contributed by atoms with Crippen LogP contribution in [0.5, 0.6) is 0 Å². The van der Waals surface area contributed by atoms with Gasteiger partial charge in [0, 0.05) is 10.5 Å². The van der Waals surface area contributed by atoms with Crippen LogP contribution in [0.3, 0.4) is 0 Å². The van der Waals surface area contributed by atoms with Crippen molar-refractivity contribution in [3.63, 3.8) is 0 Å². The lowest BCUT2D eigenvalue weighted by molar-refractivity contribution is 0.593. The third-order valence-corrected chi connectivity index (χ3v) is 4.01. The van der Waals surface area contributed by atoms with Crippen LogP contribution in [0.2, 0.25) is 5.02 Å². The first-order chi connectivity index (χ1) is 8.99. The van der Waals surface area contributed by atoms with E-state index in [2.05, 4.69) is 15.9 Å². The molecule has 1 unspecified atom stereocenters. The van der Waals surface area contributed by atoms with Crippen molar-refractivity contribution in [2.45, 2.75) is 19.4 Å². The Bertz CT molecular complexity index is 601. The molecule has 2 aromatic carbocycles. The molecule has 2 aromatic rings. The molecule has 0 saturated carbocycles. The number of nitrogens with two attached hydrogens (primary N) is 1. The van der Waals surface area contributed by atoms with Crippen molar-refractivity contribution in [3.05, 3.63) is 68.4 Å². The molecule has 0 aliphatic rings. The fraction of sp³-hybridized carbons (Fsp3) is 0.200. The maximum absolute atomic E-state index is 13.8. The molecule has 0 aliphatic heterocycles. The van der Waals surface area contributed by atoms with Crippen LogP contribution in [0.1, 0.15) is 22.7 Å². The van der Waals surface area contributed by atoms with E-state index in [1.165, 1.54) is 6.07 Å². The first-order valence-corrected chi connectivity index (χ1v) is 7.10. The molecule has 0 saturated heterocycles. The van der Waals surface area contributed by atoms with E-state index >= 15 is 0 Å². The summed E-state index contributed by atoms with van der Waals surface area (Å²) in [6.07, 6.45) is 0.411. The first kappa shape index (κ1) is 14.5. The van der Waals surface area contributed by atoms with Gasteiger partial charge in [0.2, 0.25) is 0 Å². The number of rotatable bonds is 3. The molecular weight excluding hydrogens is 329 g/mol. The average Bonchev–Trinajstić information content (AvgIpc) is 2.34. The molecule has 1 atom stereocenters. The molecule has 1 nitrogen and oxygen atoms in total. The van der Waals surface area contributed by atoms with E-state index < -0.39 is 0 Å². The smallest absolute Gasteiger partial charge is 0.145 e. The van der Waals surface area contributed by atoms with Crippen molar-refractivity contribution in [1.82, 2.24) is 0 Å². The van der Waals surface area contributed by atoms with E-state index in [9.17, 15) is 4.39 Å². The Morgan fingerprint density at radius 2 is 2.05 bits per heavy atom. The van der Waals surface area contributed by atoms with Crippen LogP contribution in [0.15, 0.2) is 40.9 Å². The molecule has 0 aromatic heterocycles. The van der Waals surface area contributed by atoms with Gasteiger partial charge >= 0.3 is 0 Å². The molecule has 2 rings (SSSR count). The van der Waals surface area contributed by atoms with E-state index in [0.29, 0.717) is 12.0 Å². The largest absolute Gasteiger partial charge is 0.324 e. The fourth-order valence-electron chi connectivity index (χ4n) is 1.99. The lowest BCUT2D eigenvalue weighted by Gasteiger charge is -2.15. The van der Waals surface area contributed by atoms with Gasteiger partial charge in [-0.2, -0.15) is 0 Å². The van der Waals surface area contributed by atoms with Gasteiger partial charge in [0.1, 0.15) is 5.82 Å². The number of benzene rings is 2. The lowest BCUT2D eigenvalue weighted by Crippen LogP contribution is -2.15. The van der Waals surface area contributed by atoms with Gasteiger partial charge in [-0.25, -0.2) is 4.39 Å². The van der Waals surface area contributed by atoms with E-state index in [-0.39, 0.29) is 16.9 Å². The lowest BCUT2D eigenvalue weighted by atomic mass is 9.98. The van der Waals surface area contributed by atoms with Crippen molar-refractivity contribution in [3.8, 4) is 0 Å². The molecule has 0 radical (unpaired) electrons. The molecule has 19 heavy (non-hydrogen) atoms. The molecular formula is C15H14BrClFN. The second-order valence-corrected chi connectivity index (χ2v) is 5.81. The third-order valence-electron chi connectivity index (χ3n) is 3.03. The first-order valence-electron chi connectivity index (χ1n) is 5.93. The van der Waals surface area contributed by atoms with Gasteiger partial charge in [0.05, 0.1) is 5.02 Å². The van der Waals surface area contributed by atoms with Crippen molar-refractivity contribution in [2.75, 3.05) is 0 Å². The summed E-state index contributed by atoms with van der Waals surface area (Å²) in [5.74, 6) is -0.386. The zero-order chi connectivity index (χ0) is 14.0. The normalized spacial score (nSPS) is 12.5. The standard InChI is InChI=1S/C15H14BrClFN/c1-9-5-6-11(12(16)7-9)14(19)8-10-3-2-4-13(17)15(10)18/h2-7,14H,8,19H2,1H3. The summed E-state index contributed by atoms with van der Waals surface area (Å²) in [6, 6.07) is 10.7. The Morgan fingerprint density at radius 1 is 1.32 bits per heavy atom. The van der Waals surface area contributed by atoms with E-state index in [0.717, 1.165) is 15.6 Å². The number of halogens is 3. The highest BCUT2D eigenvalue weighted by Crippen LogP contribution is 2.27. The average molecular weight is 343 g/mol. The van der Waals surface area contributed by atoms with Crippen molar-refractivity contribution >= 4 is 27.5 Å². The molecule has 0 amide bonds. The van der Waals surface area contributed by atoms with Crippen LogP contribution in [-0.2, 0) is 6.42 Å². The molecule has 100 valence electrons. The van der Waals surface area contributed by atoms with E-state index in [4.69, 9.17) is 17.3 Å². The summed E-state index contributed by atoms with van der Waals surface area (Å²) < 4.78 is 14.8. The second-order valence-electron chi connectivity index (χ2n) is 4.55. The minimum Gasteiger partial charge on any atom is -0.324 e.